The van der Waals surface area contributed by atoms with Gasteiger partial charge in [0.1, 0.15) is 0 Å². The molecule has 2 amide bonds. The van der Waals surface area contributed by atoms with E-state index < -0.39 is 0 Å². The zero-order valence-electron chi connectivity index (χ0n) is 18.3. The number of rotatable bonds is 4. The molecule has 7 heteroatoms. The van der Waals surface area contributed by atoms with E-state index in [1.807, 2.05) is 11.0 Å². The van der Waals surface area contributed by atoms with Gasteiger partial charge in [0, 0.05) is 50.2 Å². The van der Waals surface area contributed by atoms with Crippen LogP contribution in [0.5, 0.6) is 0 Å². The second-order valence-corrected chi connectivity index (χ2v) is 9.50. The molecule has 1 aromatic rings. The van der Waals surface area contributed by atoms with E-state index in [1.165, 1.54) is 25.7 Å². The molecule has 1 aliphatic carbocycles. The molecule has 2 heterocycles. The van der Waals surface area contributed by atoms with Crippen LogP contribution < -0.4 is 10.9 Å². The minimum Gasteiger partial charge on any atom is -0.335 e. The second-order valence-electron chi connectivity index (χ2n) is 9.50. The second kappa shape index (κ2) is 9.74. The van der Waals surface area contributed by atoms with Crippen LogP contribution in [-0.4, -0.2) is 64.4 Å². The molecule has 0 spiro atoms. The first kappa shape index (κ1) is 21.8. The van der Waals surface area contributed by atoms with Crippen LogP contribution in [0.15, 0.2) is 16.9 Å². The van der Waals surface area contributed by atoms with Crippen LogP contribution in [0, 0.1) is 0 Å². The number of carbonyl (C=O) groups excluding carboxylic acids is 1. The minimum atomic E-state index is -0.0776. The predicted molar refractivity (Wildman–Crippen MR) is 115 cm³/mol. The molecule has 0 aromatic carbocycles. The summed E-state index contributed by atoms with van der Waals surface area (Å²) < 4.78 is 1.58. The number of aromatic nitrogens is 2. The molecule has 0 bridgehead atoms. The molecule has 29 heavy (non-hydrogen) atoms. The van der Waals surface area contributed by atoms with Gasteiger partial charge in [-0.2, -0.15) is 5.10 Å². The molecule has 1 N–H and O–H groups in total. The van der Waals surface area contributed by atoms with Gasteiger partial charge in [-0.15, -0.1) is 0 Å². The molecule has 2 aliphatic rings. The molecular weight excluding hydrogens is 366 g/mol. The molecular formula is C22H37N5O2. The summed E-state index contributed by atoms with van der Waals surface area (Å²) >= 11 is 0. The maximum atomic E-state index is 12.6. The van der Waals surface area contributed by atoms with Crippen molar-refractivity contribution in [2.45, 2.75) is 77.3 Å². The van der Waals surface area contributed by atoms with Crippen molar-refractivity contribution in [3.05, 3.63) is 28.2 Å². The molecule has 1 aromatic heterocycles. The fourth-order valence-electron chi connectivity index (χ4n) is 4.11. The summed E-state index contributed by atoms with van der Waals surface area (Å²) in [5.41, 5.74) is 0.794. The Kier molecular flexibility index (Phi) is 7.33. The molecule has 2 fully saturated rings. The predicted octanol–water partition coefficient (Wildman–Crippen LogP) is 2.59. The van der Waals surface area contributed by atoms with Crippen LogP contribution in [0.2, 0.25) is 0 Å². The number of piperazine rings is 1. The quantitative estimate of drug-likeness (QED) is 0.785. The summed E-state index contributed by atoms with van der Waals surface area (Å²) in [6, 6.07) is 3.87. The molecule has 0 radical (unpaired) electrons. The molecule has 1 saturated heterocycles. The maximum absolute atomic E-state index is 12.6. The molecule has 1 saturated carbocycles. The van der Waals surface area contributed by atoms with E-state index in [0.29, 0.717) is 12.6 Å². The summed E-state index contributed by atoms with van der Waals surface area (Å²) in [4.78, 5) is 29.0. The van der Waals surface area contributed by atoms with E-state index in [0.717, 1.165) is 51.3 Å². The number of carbonyl (C=O) groups is 1. The number of hydrogen-bond donors (Lipinski definition) is 1. The Labute approximate surface area is 174 Å². The van der Waals surface area contributed by atoms with Crippen molar-refractivity contribution < 1.29 is 4.79 Å². The van der Waals surface area contributed by atoms with Crippen molar-refractivity contribution in [1.29, 1.82) is 0 Å². The van der Waals surface area contributed by atoms with Gasteiger partial charge in [0.25, 0.3) is 5.56 Å². The highest BCUT2D eigenvalue weighted by Gasteiger charge is 2.23. The van der Waals surface area contributed by atoms with Crippen molar-refractivity contribution in [1.82, 2.24) is 24.9 Å². The normalized spacial score (nSPS) is 19.8. The first-order chi connectivity index (χ1) is 13.8. The first-order valence-electron chi connectivity index (χ1n) is 11.2. The van der Waals surface area contributed by atoms with Crippen LogP contribution in [0.1, 0.15) is 65.0 Å². The van der Waals surface area contributed by atoms with Crippen molar-refractivity contribution in [2.24, 2.45) is 0 Å². The summed E-state index contributed by atoms with van der Waals surface area (Å²) in [5, 5.41) is 7.79. The Morgan fingerprint density at radius 1 is 1.03 bits per heavy atom. The van der Waals surface area contributed by atoms with Crippen LogP contribution in [0.3, 0.4) is 0 Å². The zero-order valence-corrected chi connectivity index (χ0v) is 18.3. The third-order valence-electron chi connectivity index (χ3n) is 6.11. The lowest BCUT2D eigenvalue weighted by molar-refractivity contribution is 0.133. The van der Waals surface area contributed by atoms with Gasteiger partial charge in [-0.1, -0.05) is 46.5 Å². The fourth-order valence-corrected chi connectivity index (χ4v) is 4.11. The lowest BCUT2D eigenvalue weighted by Crippen LogP contribution is -2.53. The van der Waals surface area contributed by atoms with Crippen LogP contribution in [0.25, 0.3) is 0 Å². The highest BCUT2D eigenvalue weighted by molar-refractivity contribution is 5.74. The molecule has 1 aliphatic heterocycles. The summed E-state index contributed by atoms with van der Waals surface area (Å²) in [6.45, 7) is 10.8. The Hall–Kier alpha value is -1.89. The number of nitrogens with zero attached hydrogens (tertiary/aromatic N) is 4. The van der Waals surface area contributed by atoms with Gasteiger partial charge in [0.15, 0.2) is 0 Å². The monoisotopic (exact) mass is 403 g/mol. The number of nitrogens with one attached hydrogen (secondary N) is 1. The summed E-state index contributed by atoms with van der Waals surface area (Å²) in [5.74, 6) is 0. The third-order valence-corrected chi connectivity index (χ3v) is 6.11. The van der Waals surface area contributed by atoms with E-state index in [2.05, 4.69) is 36.1 Å². The van der Waals surface area contributed by atoms with Crippen molar-refractivity contribution in [3.8, 4) is 0 Å². The smallest absolute Gasteiger partial charge is 0.317 e. The minimum absolute atomic E-state index is 0.0561. The number of hydrogen-bond acceptors (Lipinski definition) is 4. The molecule has 0 unspecified atom stereocenters. The Balaban J connectivity index is 1.45. The van der Waals surface area contributed by atoms with Gasteiger partial charge in [-0.05, 0) is 18.9 Å². The summed E-state index contributed by atoms with van der Waals surface area (Å²) in [6.07, 6.45) is 7.26. The molecule has 7 nitrogen and oxygen atoms in total. The summed E-state index contributed by atoms with van der Waals surface area (Å²) in [7, 11) is 0. The van der Waals surface area contributed by atoms with Gasteiger partial charge in [0.2, 0.25) is 0 Å². The van der Waals surface area contributed by atoms with E-state index in [4.69, 9.17) is 0 Å². The Bertz CT molecular complexity index is 723. The van der Waals surface area contributed by atoms with Crippen LogP contribution in [0.4, 0.5) is 4.79 Å². The van der Waals surface area contributed by atoms with E-state index in [9.17, 15) is 9.59 Å². The van der Waals surface area contributed by atoms with Gasteiger partial charge in [-0.3, -0.25) is 9.69 Å². The maximum Gasteiger partial charge on any atom is 0.317 e. The fraction of sp³-hybridized carbons (Fsp3) is 0.773. The number of urea groups is 1. The third kappa shape index (κ3) is 6.29. The van der Waals surface area contributed by atoms with E-state index in [-0.39, 0.29) is 17.0 Å². The van der Waals surface area contributed by atoms with Crippen molar-refractivity contribution in [2.75, 3.05) is 32.7 Å². The lowest BCUT2D eigenvalue weighted by atomic mass is 9.92. The Morgan fingerprint density at radius 3 is 2.31 bits per heavy atom. The zero-order chi connectivity index (χ0) is 20.9. The molecule has 3 rings (SSSR count). The topological polar surface area (TPSA) is 70.5 Å². The average Bonchev–Trinajstić information content (AvgIpc) is 2.95. The van der Waals surface area contributed by atoms with Crippen molar-refractivity contribution in [3.63, 3.8) is 0 Å². The highest BCUT2D eigenvalue weighted by Crippen LogP contribution is 2.18. The first-order valence-corrected chi connectivity index (χ1v) is 11.2. The standard InChI is InChI=1S/C22H37N5O2/c1-22(2,3)19-10-11-20(28)27(24-19)17-14-25-12-15-26(16-13-25)21(29)23-18-8-6-4-5-7-9-18/h10-11,18H,4-9,12-17H2,1-3H3,(H,23,29). The van der Waals surface area contributed by atoms with Gasteiger partial charge >= 0.3 is 6.03 Å². The largest absolute Gasteiger partial charge is 0.335 e. The SMILES string of the molecule is CC(C)(C)c1ccc(=O)n(CCN2CCN(C(=O)NC3CCCCCC3)CC2)n1. The molecule has 162 valence electrons. The average molecular weight is 404 g/mol. The highest BCUT2D eigenvalue weighted by atomic mass is 16.2. The van der Waals surface area contributed by atoms with Gasteiger partial charge in [-0.25, -0.2) is 9.48 Å². The van der Waals surface area contributed by atoms with Crippen molar-refractivity contribution >= 4 is 6.03 Å². The lowest BCUT2D eigenvalue weighted by Gasteiger charge is -2.35. The van der Waals surface area contributed by atoms with E-state index in [1.54, 1.807) is 10.7 Å². The van der Waals surface area contributed by atoms with E-state index >= 15 is 0 Å². The van der Waals surface area contributed by atoms with Crippen LogP contribution >= 0.6 is 0 Å². The van der Waals surface area contributed by atoms with Crippen LogP contribution in [-0.2, 0) is 12.0 Å². The number of amides is 2. The van der Waals surface area contributed by atoms with Gasteiger partial charge < -0.3 is 10.2 Å². The Morgan fingerprint density at radius 2 is 1.69 bits per heavy atom. The van der Waals surface area contributed by atoms with Gasteiger partial charge in [0.05, 0.1) is 12.2 Å². The molecule has 0 atom stereocenters.